The second-order valence-corrected chi connectivity index (χ2v) is 6.15. The quantitative estimate of drug-likeness (QED) is 0.686. The van der Waals surface area contributed by atoms with Crippen LogP contribution < -0.4 is 15.4 Å². The summed E-state index contributed by atoms with van der Waals surface area (Å²) in [5, 5.41) is 8.88. The highest BCUT2D eigenvalue weighted by molar-refractivity contribution is 7.14. The van der Waals surface area contributed by atoms with Crippen molar-refractivity contribution in [3.63, 3.8) is 0 Å². The lowest BCUT2D eigenvalue weighted by Gasteiger charge is -2.05. The molecule has 0 aliphatic rings. The Morgan fingerprint density at radius 1 is 1.17 bits per heavy atom. The minimum Gasteiger partial charge on any atom is -0.497 e. The predicted octanol–water partition coefficient (Wildman–Crippen LogP) is 4.80. The normalized spacial score (nSPS) is 10.2. The van der Waals surface area contributed by atoms with Crippen LogP contribution in [0.4, 0.5) is 16.5 Å². The largest absolute Gasteiger partial charge is 0.497 e. The van der Waals surface area contributed by atoms with Crippen LogP contribution in [0.5, 0.6) is 5.75 Å². The van der Waals surface area contributed by atoms with Crippen molar-refractivity contribution in [2.75, 3.05) is 17.7 Å². The van der Waals surface area contributed by atoms with E-state index in [4.69, 9.17) is 16.3 Å². The number of hydrogen-bond donors (Lipinski definition) is 2. The number of methoxy groups -OCH3 is 1. The van der Waals surface area contributed by atoms with Gasteiger partial charge in [-0.05, 0) is 42.5 Å². The molecule has 2 aromatic carbocycles. The maximum absolute atomic E-state index is 12.2. The molecule has 0 saturated carbocycles. The first kappa shape index (κ1) is 16.3. The van der Waals surface area contributed by atoms with Gasteiger partial charge in [0.25, 0.3) is 5.91 Å². The van der Waals surface area contributed by atoms with Gasteiger partial charge in [0, 0.05) is 21.8 Å². The Kier molecular flexibility index (Phi) is 4.98. The predicted molar refractivity (Wildman–Crippen MR) is 97.8 cm³/mol. The molecule has 0 fully saturated rings. The molecule has 2 N–H and O–H groups in total. The summed E-state index contributed by atoms with van der Waals surface area (Å²) in [7, 11) is 1.59. The number of thiazole rings is 1. The topological polar surface area (TPSA) is 63.2 Å². The first-order chi connectivity index (χ1) is 11.6. The molecule has 0 aliphatic heterocycles. The minimum absolute atomic E-state index is 0.268. The van der Waals surface area contributed by atoms with E-state index in [9.17, 15) is 4.79 Å². The number of ether oxygens (including phenoxy) is 1. The molecule has 1 heterocycles. The van der Waals surface area contributed by atoms with Crippen LogP contribution in [0.2, 0.25) is 5.02 Å². The van der Waals surface area contributed by atoms with E-state index in [2.05, 4.69) is 15.6 Å². The van der Waals surface area contributed by atoms with Gasteiger partial charge in [-0.2, -0.15) is 0 Å². The average molecular weight is 360 g/mol. The number of nitrogens with one attached hydrogen (secondary N) is 2. The van der Waals surface area contributed by atoms with Crippen molar-refractivity contribution >= 4 is 45.4 Å². The molecule has 3 rings (SSSR count). The molecule has 0 aliphatic carbocycles. The molecule has 0 radical (unpaired) electrons. The second kappa shape index (κ2) is 7.33. The zero-order valence-electron chi connectivity index (χ0n) is 12.7. The van der Waals surface area contributed by atoms with Crippen LogP contribution in [-0.4, -0.2) is 18.0 Å². The molecule has 1 amide bonds. The Hall–Kier alpha value is -2.57. The number of aromatic nitrogens is 1. The van der Waals surface area contributed by atoms with Gasteiger partial charge in [-0.25, -0.2) is 4.98 Å². The van der Waals surface area contributed by atoms with Crippen molar-refractivity contribution < 1.29 is 9.53 Å². The SMILES string of the molecule is COc1ccc(NC(=O)c2csc(Nc3cccc(Cl)c3)n2)cc1. The number of amides is 1. The number of benzene rings is 2. The highest BCUT2D eigenvalue weighted by atomic mass is 35.5. The average Bonchev–Trinajstić information content (AvgIpc) is 3.04. The number of nitrogens with zero attached hydrogens (tertiary/aromatic N) is 1. The highest BCUT2D eigenvalue weighted by Gasteiger charge is 2.11. The Bertz CT molecular complexity index is 849. The summed E-state index contributed by atoms with van der Waals surface area (Å²) < 4.78 is 5.09. The van der Waals surface area contributed by atoms with E-state index in [1.165, 1.54) is 11.3 Å². The van der Waals surface area contributed by atoms with E-state index >= 15 is 0 Å². The van der Waals surface area contributed by atoms with Crippen LogP contribution in [0, 0.1) is 0 Å². The molecule has 1 aromatic heterocycles. The van der Waals surface area contributed by atoms with Crippen LogP contribution in [0.25, 0.3) is 0 Å². The molecule has 3 aromatic rings. The number of carbonyl (C=O) groups excluding carboxylic acids is 1. The fourth-order valence-corrected chi connectivity index (χ4v) is 2.90. The van der Waals surface area contributed by atoms with Gasteiger partial charge in [0.1, 0.15) is 11.4 Å². The van der Waals surface area contributed by atoms with E-state index in [0.717, 1.165) is 11.4 Å². The zero-order chi connectivity index (χ0) is 16.9. The molecule has 0 unspecified atom stereocenters. The maximum atomic E-state index is 12.2. The summed E-state index contributed by atoms with van der Waals surface area (Å²) in [4.78, 5) is 16.5. The van der Waals surface area contributed by atoms with Gasteiger partial charge in [-0.3, -0.25) is 4.79 Å². The van der Waals surface area contributed by atoms with Gasteiger partial charge in [0.05, 0.1) is 7.11 Å². The summed E-state index contributed by atoms with van der Waals surface area (Å²) in [6, 6.07) is 14.4. The van der Waals surface area contributed by atoms with Crippen molar-refractivity contribution in [2.24, 2.45) is 0 Å². The van der Waals surface area contributed by atoms with Crippen LogP contribution in [0.1, 0.15) is 10.5 Å². The summed E-state index contributed by atoms with van der Waals surface area (Å²) in [6.45, 7) is 0. The molecule has 24 heavy (non-hydrogen) atoms. The molecule has 0 spiro atoms. The van der Waals surface area contributed by atoms with Gasteiger partial charge in [0.15, 0.2) is 5.13 Å². The Morgan fingerprint density at radius 3 is 2.67 bits per heavy atom. The first-order valence-corrected chi connectivity index (χ1v) is 8.33. The van der Waals surface area contributed by atoms with Crippen molar-refractivity contribution in [3.05, 3.63) is 64.6 Å². The molecule has 122 valence electrons. The van der Waals surface area contributed by atoms with Crippen molar-refractivity contribution in [2.45, 2.75) is 0 Å². The van der Waals surface area contributed by atoms with Gasteiger partial charge in [0.2, 0.25) is 0 Å². The van der Waals surface area contributed by atoms with E-state index in [0.29, 0.717) is 21.5 Å². The Labute approximate surface area is 148 Å². The van der Waals surface area contributed by atoms with E-state index in [-0.39, 0.29) is 5.91 Å². The van der Waals surface area contributed by atoms with Crippen LogP contribution in [0.15, 0.2) is 53.9 Å². The number of anilines is 3. The third kappa shape index (κ3) is 4.04. The maximum Gasteiger partial charge on any atom is 0.275 e. The fourth-order valence-electron chi connectivity index (χ4n) is 1.99. The van der Waals surface area contributed by atoms with E-state index in [1.54, 1.807) is 48.9 Å². The van der Waals surface area contributed by atoms with Crippen LogP contribution in [-0.2, 0) is 0 Å². The van der Waals surface area contributed by atoms with Gasteiger partial charge >= 0.3 is 0 Å². The monoisotopic (exact) mass is 359 g/mol. The Morgan fingerprint density at radius 2 is 1.96 bits per heavy atom. The highest BCUT2D eigenvalue weighted by Crippen LogP contribution is 2.23. The zero-order valence-corrected chi connectivity index (χ0v) is 14.3. The molecule has 0 atom stereocenters. The number of halogens is 1. The van der Waals surface area contributed by atoms with Crippen LogP contribution in [0.3, 0.4) is 0 Å². The third-order valence-corrected chi connectivity index (χ3v) is 4.15. The van der Waals surface area contributed by atoms with Crippen LogP contribution >= 0.6 is 22.9 Å². The Balaban J connectivity index is 1.66. The van der Waals surface area contributed by atoms with Gasteiger partial charge in [-0.15, -0.1) is 11.3 Å². The van der Waals surface area contributed by atoms with Crippen molar-refractivity contribution in [3.8, 4) is 5.75 Å². The second-order valence-electron chi connectivity index (χ2n) is 4.86. The smallest absolute Gasteiger partial charge is 0.275 e. The lowest BCUT2D eigenvalue weighted by atomic mass is 10.3. The first-order valence-electron chi connectivity index (χ1n) is 7.07. The van der Waals surface area contributed by atoms with Crippen molar-refractivity contribution in [1.29, 1.82) is 0 Å². The van der Waals surface area contributed by atoms with Gasteiger partial charge < -0.3 is 15.4 Å². The fraction of sp³-hybridized carbons (Fsp3) is 0.0588. The molecule has 7 heteroatoms. The third-order valence-electron chi connectivity index (χ3n) is 3.16. The summed E-state index contributed by atoms with van der Waals surface area (Å²) >= 11 is 7.30. The summed E-state index contributed by atoms with van der Waals surface area (Å²) in [6.07, 6.45) is 0. The standard InChI is InChI=1S/C17H14ClN3O2S/c1-23-14-7-5-12(6-8-14)19-16(22)15-10-24-17(21-15)20-13-4-2-3-11(18)9-13/h2-10H,1H3,(H,19,22)(H,20,21). The number of rotatable bonds is 5. The summed E-state index contributed by atoms with van der Waals surface area (Å²) in [5.41, 5.74) is 1.84. The number of hydrogen-bond acceptors (Lipinski definition) is 5. The van der Waals surface area contributed by atoms with Crippen molar-refractivity contribution in [1.82, 2.24) is 4.98 Å². The van der Waals surface area contributed by atoms with E-state index in [1.807, 2.05) is 12.1 Å². The summed E-state index contributed by atoms with van der Waals surface area (Å²) in [5.74, 6) is 0.463. The van der Waals surface area contributed by atoms with Gasteiger partial charge in [-0.1, -0.05) is 17.7 Å². The lowest BCUT2D eigenvalue weighted by molar-refractivity contribution is 0.102. The molecule has 0 bridgehead atoms. The van der Waals surface area contributed by atoms with E-state index < -0.39 is 0 Å². The molecular formula is C17H14ClN3O2S. The minimum atomic E-state index is -0.268. The molecule has 5 nitrogen and oxygen atoms in total. The molecular weight excluding hydrogens is 346 g/mol. The number of carbonyl (C=O) groups is 1. The lowest BCUT2D eigenvalue weighted by Crippen LogP contribution is -2.12. The molecule has 0 saturated heterocycles.